The summed E-state index contributed by atoms with van der Waals surface area (Å²) in [6.07, 6.45) is 13.6. The molecule has 57 heavy (non-hydrogen) atoms. The number of benzene rings is 2. The Morgan fingerprint density at radius 2 is 0.912 bits per heavy atom. The number of hydrogen-bond acceptors (Lipinski definition) is 9. The van der Waals surface area contributed by atoms with Crippen molar-refractivity contribution < 1.29 is 14.4 Å². The maximum absolute atomic E-state index is 10.3. The van der Waals surface area contributed by atoms with Crippen LogP contribution in [0.25, 0.3) is 44.8 Å². The zero-order valence-electron chi connectivity index (χ0n) is 30.2. The van der Waals surface area contributed by atoms with Crippen LogP contribution >= 0.6 is 0 Å². The maximum atomic E-state index is 10.3. The third kappa shape index (κ3) is 13.0. The number of rotatable bonds is 10. The number of nitriles is 2. The molecule has 0 radical (unpaired) electrons. The minimum Gasteiger partial charge on any atom is -0.310 e. The lowest BCUT2D eigenvalue weighted by molar-refractivity contribution is 0.112. The molecular weight excluding hydrogens is 713 g/mol. The first-order valence-corrected chi connectivity index (χ1v) is 16.9. The van der Waals surface area contributed by atoms with Gasteiger partial charge in [0.2, 0.25) is 5.70 Å². The van der Waals surface area contributed by atoms with Crippen molar-refractivity contribution in [2.75, 3.05) is 0 Å². The molecule has 0 aliphatic carbocycles. The van der Waals surface area contributed by atoms with Crippen molar-refractivity contribution in [1.82, 2.24) is 19.9 Å². The van der Waals surface area contributed by atoms with Gasteiger partial charge in [0.1, 0.15) is 36.7 Å². The van der Waals surface area contributed by atoms with Gasteiger partial charge in [-0.3, -0.25) is 34.3 Å². The first kappa shape index (κ1) is 41.0. The minimum atomic E-state index is 0.335. The molecule has 0 spiro atoms. The zero-order chi connectivity index (χ0) is 40.7. The van der Waals surface area contributed by atoms with E-state index in [1.165, 1.54) is 18.2 Å². The molecule has 11 nitrogen and oxygen atoms in total. The van der Waals surface area contributed by atoms with E-state index in [2.05, 4.69) is 41.8 Å². The zero-order valence-corrected chi connectivity index (χ0v) is 30.2. The summed E-state index contributed by atoms with van der Waals surface area (Å²) in [5.41, 5.74) is 6.85. The topological polar surface area (TPSA) is 159 Å². The van der Waals surface area contributed by atoms with Crippen molar-refractivity contribution in [3.8, 4) is 12.1 Å². The first-order valence-electron chi connectivity index (χ1n) is 16.9. The fourth-order valence-corrected chi connectivity index (χ4v) is 4.97. The molecule has 0 amide bonds. The molecule has 0 bridgehead atoms. The highest BCUT2D eigenvalue weighted by Gasteiger charge is 2.08. The van der Waals surface area contributed by atoms with E-state index in [9.17, 15) is 24.9 Å². The highest BCUT2D eigenvalue weighted by Crippen LogP contribution is 2.25. The van der Waals surface area contributed by atoms with Crippen molar-refractivity contribution in [2.24, 2.45) is 0 Å². The lowest BCUT2D eigenvalue weighted by Crippen LogP contribution is -1.90. The van der Waals surface area contributed by atoms with Crippen molar-refractivity contribution in [2.45, 2.75) is 6.54 Å². The van der Waals surface area contributed by atoms with Gasteiger partial charge in [-0.1, -0.05) is 24.3 Å². The van der Waals surface area contributed by atoms with Crippen LogP contribution in [-0.2, 0) is 6.54 Å². The summed E-state index contributed by atoms with van der Waals surface area (Å²) in [5.74, 6) is 0. The van der Waals surface area contributed by atoms with Gasteiger partial charge in [0.05, 0.1) is 34.8 Å². The average molecular weight is 743 g/mol. The van der Waals surface area contributed by atoms with Crippen LogP contribution in [0, 0.1) is 35.8 Å². The maximum Gasteiger partial charge on any atom is 0.256 e. The van der Waals surface area contributed by atoms with Gasteiger partial charge in [-0.15, -0.1) is 0 Å². The second-order valence-corrected chi connectivity index (χ2v) is 11.5. The Hall–Kier alpha value is -8.77. The Kier molecular flexibility index (Phi) is 16.1. The summed E-state index contributed by atoms with van der Waals surface area (Å²) < 4.78 is 0. The molecule has 0 N–H and O–H groups in total. The predicted octanol–water partition coefficient (Wildman–Crippen LogP) is 9.04. The molecule has 4 heterocycles. The summed E-state index contributed by atoms with van der Waals surface area (Å²) in [6.45, 7) is 14.6. The second-order valence-electron chi connectivity index (χ2n) is 11.5. The number of hydrogen-bond donors (Lipinski definition) is 0. The van der Waals surface area contributed by atoms with Crippen molar-refractivity contribution >= 4 is 53.9 Å². The summed E-state index contributed by atoms with van der Waals surface area (Å²) in [4.78, 5) is 54.6. The van der Waals surface area contributed by atoms with Crippen LogP contribution in [0.2, 0.25) is 0 Å². The van der Waals surface area contributed by atoms with E-state index in [0.717, 1.165) is 22.4 Å². The SMILES string of the molecule is O=Cc1cc(C=O)cc(C=O)c1.[C-]#[N+]/C(=C\c1cc(/C=C(\C#N)c2ccccn2)cc(/C=C(\C#N)c2ccccn2)c1)c1ccccn1.[C-]#[N+]Cc1ccccn1. The average Bonchev–Trinajstić information content (AvgIpc) is 3.28. The third-order valence-electron chi connectivity index (χ3n) is 7.47. The van der Waals surface area contributed by atoms with Crippen LogP contribution in [0.3, 0.4) is 0 Å². The van der Waals surface area contributed by atoms with Crippen LogP contribution in [0.15, 0.2) is 134 Å². The number of aldehydes is 3. The summed E-state index contributed by atoms with van der Waals surface area (Å²) in [7, 11) is 0. The molecule has 0 aliphatic rings. The molecule has 0 saturated carbocycles. The molecule has 0 atom stereocenters. The molecule has 272 valence electrons. The van der Waals surface area contributed by atoms with Gasteiger partial charge < -0.3 is 4.85 Å². The number of aromatic nitrogens is 4. The molecule has 2 aromatic carbocycles. The van der Waals surface area contributed by atoms with Gasteiger partial charge in [0.25, 0.3) is 6.54 Å². The standard InChI is InChI=1S/C30H18N6.C9H6O3.C7H6N2/c1-33-30(29-10-4-7-13-36-29)19-24-15-22(17-25(20-31)27-8-2-5-11-34-27)14-23(16-24)18-26(21-32)28-9-3-6-12-35-28;10-4-7-1-8(5-11)3-9(2-7)6-12;1-8-6-7-4-2-3-5-9-7/h2-19H;1-6H;2-5H,6H2/b25-17+,26-18+,30-19-;;. The van der Waals surface area contributed by atoms with E-state index in [-0.39, 0.29) is 0 Å². The highest BCUT2D eigenvalue weighted by molar-refractivity contribution is 5.93. The Labute approximate surface area is 329 Å². The van der Waals surface area contributed by atoms with Gasteiger partial charge in [0.15, 0.2) is 0 Å². The monoisotopic (exact) mass is 742 g/mol. The predicted molar refractivity (Wildman–Crippen MR) is 218 cm³/mol. The molecule has 6 aromatic rings. The molecule has 0 unspecified atom stereocenters. The molecule has 11 heteroatoms. The third-order valence-corrected chi connectivity index (χ3v) is 7.47. The number of carbonyl (C=O) groups is 3. The van der Waals surface area contributed by atoms with Crippen molar-refractivity contribution in [1.29, 1.82) is 10.5 Å². The highest BCUT2D eigenvalue weighted by atomic mass is 16.1. The number of nitrogens with zero attached hydrogens (tertiary/aromatic N) is 8. The molecule has 6 rings (SSSR count). The quantitative estimate of drug-likeness (QED) is 0.0758. The van der Waals surface area contributed by atoms with E-state index in [1.54, 1.807) is 79.4 Å². The molecular formula is C46H30N8O3. The minimum absolute atomic E-state index is 0.335. The number of carbonyl (C=O) groups excluding carboxylic acids is 3. The van der Waals surface area contributed by atoms with Crippen LogP contribution in [0.5, 0.6) is 0 Å². The Morgan fingerprint density at radius 1 is 0.526 bits per heavy atom. The van der Waals surface area contributed by atoms with E-state index >= 15 is 0 Å². The lowest BCUT2D eigenvalue weighted by Gasteiger charge is -2.06. The summed E-state index contributed by atoms with van der Waals surface area (Å²) >= 11 is 0. The Bertz CT molecular complexity index is 2310. The van der Waals surface area contributed by atoms with Gasteiger partial charge in [-0.05, 0) is 120 Å². The second kappa shape index (κ2) is 22.3. The molecule has 0 aliphatic heterocycles. The summed E-state index contributed by atoms with van der Waals surface area (Å²) in [6, 6.07) is 36.0. The van der Waals surface area contributed by atoms with Crippen LogP contribution in [-0.4, -0.2) is 38.8 Å². The fourth-order valence-electron chi connectivity index (χ4n) is 4.97. The molecule has 0 saturated heterocycles. The van der Waals surface area contributed by atoms with E-state index in [0.29, 0.717) is 76.0 Å². The van der Waals surface area contributed by atoms with Gasteiger partial charge in [0, 0.05) is 41.5 Å². The molecule has 0 fully saturated rings. The normalized spacial score (nSPS) is 10.6. The number of allylic oxidation sites excluding steroid dienone is 2. The first-order chi connectivity index (χ1) is 27.9. The van der Waals surface area contributed by atoms with Crippen LogP contribution in [0.1, 0.15) is 70.5 Å². The Morgan fingerprint density at radius 3 is 1.25 bits per heavy atom. The van der Waals surface area contributed by atoms with Gasteiger partial charge in [-0.2, -0.15) is 10.5 Å². The lowest BCUT2D eigenvalue weighted by atomic mass is 9.99. The van der Waals surface area contributed by atoms with Crippen molar-refractivity contribution in [3.05, 3.63) is 213 Å². The fraction of sp³-hybridized carbons (Fsp3) is 0.0217. The Balaban J connectivity index is 0.000000277. The summed E-state index contributed by atoms with van der Waals surface area (Å²) in [5, 5.41) is 19.5. The van der Waals surface area contributed by atoms with Crippen LogP contribution in [0.4, 0.5) is 0 Å². The molecule has 4 aromatic heterocycles. The van der Waals surface area contributed by atoms with Gasteiger partial charge in [-0.25, -0.2) is 11.4 Å². The number of pyridine rings is 4. The van der Waals surface area contributed by atoms with E-state index in [1.807, 2.05) is 54.6 Å². The van der Waals surface area contributed by atoms with E-state index < -0.39 is 0 Å². The van der Waals surface area contributed by atoms with E-state index in [4.69, 9.17) is 13.1 Å². The largest absolute Gasteiger partial charge is 0.310 e. The van der Waals surface area contributed by atoms with Crippen molar-refractivity contribution in [3.63, 3.8) is 0 Å². The van der Waals surface area contributed by atoms with Crippen LogP contribution < -0.4 is 0 Å². The van der Waals surface area contributed by atoms with Gasteiger partial charge >= 0.3 is 0 Å². The smallest absolute Gasteiger partial charge is 0.256 e.